The van der Waals surface area contributed by atoms with Crippen LogP contribution in [0.4, 0.5) is 4.79 Å². The zero-order valence-corrected chi connectivity index (χ0v) is 12.8. The fourth-order valence-electron chi connectivity index (χ4n) is 2.21. The van der Waals surface area contributed by atoms with Gasteiger partial charge in [0.1, 0.15) is 0 Å². The van der Waals surface area contributed by atoms with Crippen LogP contribution in [0, 0.1) is 5.92 Å². The first-order valence-corrected chi connectivity index (χ1v) is 7.22. The molecule has 0 aliphatic carbocycles. The Bertz CT molecular complexity index is 526. The highest BCUT2D eigenvalue weighted by molar-refractivity contribution is 5.74. The Morgan fingerprint density at radius 1 is 1.48 bits per heavy atom. The van der Waals surface area contributed by atoms with Crippen molar-refractivity contribution in [1.82, 2.24) is 9.88 Å². The number of hydrogen-bond acceptors (Lipinski definition) is 4. The zero-order valence-electron chi connectivity index (χ0n) is 12.8. The number of methoxy groups -OCH3 is 1. The minimum atomic E-state index is -0.239. The SMILES string of the molecule is COc1ncccc1C1=CCN(C(=O)OCC(C)C)CC1. The summed E-state index contributed by atoms with van der Waals surface area (Å²) >= 11 is 0. The lowest BCUT2D eigenvalue weighted by Gasteiger charge is -2.26. The summed E-state index contributed by atoms with van der Waals surface area (Å²) in [5.41, 5.74) is 2.16. The van der Waals surface area contributed by atoms with Crippen LogP contribution in [0.1, 0.15) is 25.8 Å². The Kier molecular flexibility index (Phi) is 5.20. The van der Waals surface area contributed by atoms with E-state index in [1.807, 2.05) is 32.1 Å². The largest absolute Gasteiger partial charge is 0.481 e. The molecule has 5 nitrogen and oxygen atoms in total. The molecule has 114 valence electrons. The van der Waals surface area contributed by atoms with E-state index in [1.165, 1.54) is 0 Å². The summed E-state index contributed by atoms with van der Waals surface area (Å²) < 4.78 is 10.5. The van der Waals surface area contributed by atoms with Crippen molar-refractivity contribution < 1.29 is 14.3 Å². The number of rotatable bonds is 4. The Hall–Kier alpha value is -2.04. The van der Waals surface area contributed by atoms with Gasteiger partial charge in [-0.3, -0.25) is 0 Å². The van der Waals surface area contributed by atoms with Gasteiger partial charge in [0.05, 0.1) is 13.7 Å². The van der Waals surface area contributed by atoms with Gasteiger partial charge >= 0.3 is 6.09 Å². The van der Waals surface area contributed by atoms with Crippen molar-refractivity contribution in [2.24, 2.45) is 5.92 Å². The molecule has 2 rings (SSSR count). The fraction of sp³-hybridized carbons (Fsp3) is 0.500. The van der Waals surface area contributed by atoms with Crippen molar-refractivity contribution in [1.29, 1.82) is 0 Å². The van der Waals surface area contributed by atoms with E-state index in [0.29, 0.717) is 31.5 Å². The molecule has 1 aromatic heterocycles. The first-order valence-electron chi connectivity index (χ1n) is 7.22. The lowest BCUT2D eigenvalue weighted by atomic mass is 10.0. The van der Waals surface area contributed by atoms with Gasteiger partial charge in [-0.2, -0.15) is 0 Å². The Labute approximate surface area is 125 Å². The highest BCUT2D eigenvalue weighted by Crippen LogP contribution is 2.28. The summed E-state index contributed by atoms with van der Waals surface area (Å²) in [6.45, 7) is 5.72. The summed E-state index contributed by atoms with van der Waals surface area (Å²) in [6.07, 6.45) is 4.29. The van der Waals surface area contributed by atoms with Crippen molar-refractivity contribution in [3.8, 4) is 5.88 Å². The van der Waals surface area contributed by atoms with Crippen molar-refractivity contribution >= 4 is 11.7 Å². The van der Waals surface area contributed by atoms with Crippen LogP contribution in [-0.2, 0) is 4.74 Å². The van der Waals surface area contributed by atoms with Crippen LogP contribution in [0.3, 0.4) is 0 Å². The topological polar surface area (TPSA) is 51.7 Å². The quantitative estimate of drug-likeness (QED) is 0.855. The van der Waals surface area contributed by atoms with E-state index >= 15 is 0 Å². The predicted octanol–water partition coefficient (Wildman–Crippen LogP) is 2.97. The lowest BCUT2D eigenvalue weighted by Crippen LogP contribution is -2.35. The van der Waals surface area contributed by atoms with Crippen LogP contribution in [0.5, 0.6) is 5.88 Å². The van der Waals surface area contributed by atoms with Crippen LogP contribution < -0.4 is 4.74 Å². The molecule has 0 unspecified atom stereocenters. The maximum Gasteiger partial charge on any atom is 0.410 e. The summed E-state index contributed by atoms with van der Waals surface area (Å²) in [5, 5.41) is 0. The summed E-state index contributed by atoms with van der Waals surface area (Å²) in [4.78, 5) is 17.8. The van der Waals surface area contributed by atoms with Crippen molar-refractivity contribution in [3.63, 3.8) is 0 Å². The zero-order chi connectivity index (χ0) is 15.2. The molecule has 0 aromatic carbocycles. The van der Waals surface area contributed by atoms with Gasteiger partial charge in [0.15, 0.2) is 0 Å². The average Bonchev–Trinajstić information content (AvgIpc) is 2.52. The molecule has 0 atom stereocenters. The van der Waals surface area contributed by atoms with E-state index in [9.17, 15) is 4.79 Å². The third kappa shape index (κ3) is 3.97. The molecule has 0 saturated carbocycles. The van der Waals surface area contributed by atoms with Gasteiger partial charge in [0, 0.05) is 24.8 Å². The maximum atomic E-state index is 11.9. The molecule has 0 saturated heterocycles. The minimum absolute atomic E-state index is 0.239. The third-order valence-electron chi connectivity index (χ3n) is 3.32. The average molecular weight is 290 g/mol. The van der Waals surface area contributed by atoms with E-state index in [1.54, 1.807) is 18.2 Å². The molecule has 21 heavy (non-hydrogen) atoms. The normalized spacial score (nSPS) is 14.9. The molecule has 2 heterocycles. The standard InChI is InChI=1S/C16H22N2O3/c1-12(2)11-21-16(19)18-9-6-13(7-10-18)14-5-4-8-17-15(14)20-3/h4-6,8,12H,7,9-11H2,1-3H3. The number of amides is 1. The van der Waals surface area contributed by atoms with Crippen LogP contribution in [-0.4, -0.2) is 42.8 Å². The lowest BCUT2D eigenvalue weighted by molar-refractivity contribution is 0.0954. The van der Waals surface area contributed by atoms with Crippen molar-refractivity contribution in [3.05, 3.63) is 30.0 Å². The van der Waals surface area contributed by atoms with Crippen molar-refractivity contribution in [2.75, 3.05) is 26.8 Å². The first kappa shape index (κ1) is 15.4. The second-order valence-corrected chi connectivity index (χ2v) is 5.46. The highest BCUT2D eigenvalue weighted by atomic mass is 16.6. The second-order valence-electron chi connectivity index (χ2n) is 5.46. The second kappa shape index (κ2) is 7.11. The fourth-order valence-corrected chi connectivity index (χ4v) is 2.21. The number of ether oxygens (including phenoxy) is 2. The van der Waals surface area contributed by atoms with Gasteiger partial charge in [0.25, 0.3) is 0 Å². The number of pyridine rings is 1. The maximum absolute atomic E-state index is 11.9. The molecule has 0 radical (unpaired) electrons. The number of aromatic nitrogens is 1. The molecule has 0 spiro atoms. The van der Waals surface area contributed by atoms with Crippen LogP contribution in [0.2, 0.25) is 0 Å². The van der Waals surface area contributed by atoms with E-state index in [0.717, 1.165) is 17.6 Å². The monoisotopic (exact) mass is 290 g/mol. The van der Waals surface area contributed by atoms with E-state index < -0.39 is 0 Å². The van der Waals surface area contributed by atoms with Gasteiger partial charge < -0.3 is 14.4 Å². The number of carbonyl (C=O) groups excluding carboxylic acids is 1. The third-order valence-corrected chi connectivity index (χ3v) is 3.32. The van der Waals surface area contributed by atoms with Crippen LogP contribution in [0.25, 0.3) is 5.57 Å². The van der Waals surface area contributed by atoms with Gasteiger partial charge in [0.2, 0.25) is 5.88 Å². The molecule has 5 heteroatoms. The number of carbonyl (C=O) groups is 1. The van der Waals surface area contributed by atoms with E-state index in [4.69, 9.17) is 9.47 Å². The summed E-state index contributed by atoms with van der Waals surface area (Å²) in [5.74, 6) is 0.976. The summed E-state index contributed by atoms with van der Waals surface area (Å²) in [7, 11) is 1.62. The van der Waals surface area contributed by atoms with Gasteiger partial charge in [-0.25, -0.2) is 9.78 Å². The van der Waals surface area contributed by atoms with E-state index in [-0.39, 0.29) is 6.09 Å². The first-order chi connectivity index (χ1) is 10.1. The molecule has 1 aliphatic rings. The Balaban J connectivity index is 2.00. The molecule has 0 bridgehead atoms. The van der Waals surface area contributed by atoms with Gasteiger partial charge in [-0.1, -0.05) is 19.9 Å². The van der Waals surface area contributed by atoms with E-state index in [2.05, 4.69) is 4.98 Å². The molecular weight excluding hydrogens is 268 g/mol. The Morgan fingerprint density at radius 3 is 2.90 bits per heavy atom. The molecule has 1 aromatic rings. The molecule has 0 fully saturated rings. The molecular formula is C16H22N2O3. The van der Waals surface area contributed by atoms with Crippen molar-refractivity contribution in [2.45, 2.75) is 20.3 Å². The smallest absolute Gasteiger partial charge is 0.410 e. The number of hydrogen-bond donors (Lipinski definition) is 0. The van der Waals surface area contributed by atoms with Gasteiger partial charge in [-0.15, -0.1) is 0 Å². The molecule has 0 N–H and O–H groups in total. The van der Waals surface area contributed by atoms with Crippen LogP contribution >= 0.6 is 0 Å². The number of nitrogens with zero attached hydrogens (tertiary/aromatic N) is 2. The van der Waals surface area contributed by atoms with Crippen LogP contribution in [0.15, 0.2) is 24.4 Å². The molecule has 1 amide bonds. The summed E-state index contributed by atoms with van der Waals surface area (Å²) in [6, 6.07) is 3.88. The molecule has 1 aliphatic heterocycles. The van der Waals surface area contributed by atoms with Gasteiger partial charge in [-0.05, 0) is 30.0 Å². The highest BCUT2D eigenvalue weighted by Gasteiger charge is 2.20. The predicted molar refractivity (Wildman–Crippen MR) is 81.1 cm³/mol. The Morgan fingerprint density at radius 2 is 2.29 bits per heavy atom. The minimum Gasteiger partial charge on any atom is -0.481 e.